The second kappa shape index (κ2) is 5.63. The smallest absolute Gasteiger partial charge is 0.253 e. The van der Waals surface area contributed by atoms with E-state index in [4.69, 9.17) is 4.74 Å². The number of nitrogens with one attached hydrogen (secondary N) is 1. The van der Waals surface area contributed by atoms with E-state index >= 15 is 0 Å². The van der Waals surface area contributed by atoms with Crippen molar-refractivity contribution in [2.75, 3.05) is 19.8 Å². The quantitative estimate of drug-likeness (QED) is 0.930. The van der Waals surface area contributed by atoms with Gasteiger partial charge in [-0.15, -0.1) is 0 Å². The molecular weight excluding hydrogens is 262 g/mol. The third-order valence-corrected chi connectivity index (χ3v) is 3.97. The first-order chi connectivity index (χ1) is 9.34. The zero-order valence-corrected chi connectivity index (χ0v) is 11.3. The molecular formula is C13H15N3O2S. The molecule has 0 atom stereocenters. The van der Waals surface area contributed by atoms with Gasteiger partial charge in [-0.1, -0.05) is 6.07 Å². The molecule has 0 radical (unpaired) electrons. The van der Waals surface area contributed by atoms with Gasteiger partial charge in [0, 0.05) is 19.8 Å². The van der Waals surface area contributed by atoms with Crippen LogP contribution >= 0.6 is 11.7 Å². The lowest BCUT2D eigenvalue weighted by Crippen LogP contribution is -2.32. The molecule has 0 spiro atoms. The number of hydrogen-bond acceptors (Lipinski definition) is 5. The highest BCUT2D eigenvalue weighted by Crippen LogP contribution is 2.17. The van der Waals surface area contributed by atoms with Gasteiger partial charge in [-0.05, 0) is 30.9 Å². The summed E-state index contributed by atoms with van der Waals surface area (Å²) in [6.07, 6.45) is 2.03. The standard InChI is InChI=1S/C13H15N3O2S/c17-13(14-8-9-4-6-18-7-5-9)10-2-1-3-11-12(10)16-19-15-11/h1-3,9H,4-8H2,(H,14,17). The summed E-state index contributed by atoms with van der Waals surface area (Å²) in [5.74, 6) is 0.454. The fraction of sp³-hybridized carbons (Fsp3) is 0.462. The molecule has 1 N–H and O–H groups in total. The molecule has 6 heteroatoms. The molecule has 0 bridgehead atoms. The molecule has 0 aliphatic carbocycles. The van der Waals surface area contributed by atoms with Crippen molar-refractivity contribution >= 4 is 28.7 Å². The number of nitrogens with zero attached hydrogens (tertiary/aromatic N) is 2. The minimum Gasteiger partial charge on any atom is -0.381 e. The lowest BCUT2D eigenvalue weighted by atomic mass is 10.0. The van der Waals surface area contributed by atoms with Crippen LogP contribution in [0.1, 0.15) is 23.2 Å². The molecule has 1 aromatic carbocycles. The Morgan fingerprint density at radius 3 is 3.05 bits per heavy atom. The van der Waals surface area contributed by atoms with Crippen molar-refractivity contribution in [2.45, 2.75) is 12.8 Å². The number of benzene rings is 1. The van der Waals surface area contributed by atoms with E-state index in [1.807, 2.05) is 12.1 Å². The van der Waals surface area contributed by atoms with Gasteiger partial charge in [-0.2, -0.15) is 8.75 Å². The van der Waals surface area contributed by atoms with Crippen molar-refractivity contribution in [3.63, 3.8) is 0 Å². The third-order valence-electron chi connectivity index (χ3n) is 3.42. The van der Waals surface area contributed by atoms with Crippen LogP contribution in [0.25, 0.3) is 11.0 Å². The van der Waals surface area contributed by atoms with Crippen LogP contribution in [0.3, 0.4) is 0 Å². The minimum atomic E-state index is -0.0650. The highest BCUT2D eigenvalue weighted by molar-refractivity contribution is 7.00. The SMILES string of the molecule is O=C(NCC1CCOCC1)c1cccc2nsnc12. The summed E-state index contributed by atoms with van der Waals surface area (Å²) >= 11 is 1.13. The Bertz CT molecular complexity index is 578. The Morgan fingerprint density at radius 2 is 2.21 bits per heavy atom. The second-order valence-corrected chi connectivity index (χ2v) is 5.23. The number of rotatable bonds is 3. The molecule has 1 fully saturated rings. The van der Waals surface area contributed by atoms with Gasteiger partial charge in [-0.25, -0.2) is 0 Å². The number of carbonyl (C=O) groups excluding carboxylic acids is 1. The molecule has 1 aliphatic heterocycles. The van der Waals surface area contributed by atoms with Gasteiger partial charge in [0.25, 0.3) is 5.91 Å². The van der Waals surface area contributed by atoms with Crippen molar-refractivity contribution < 1.29 is 9.53 Å². The van der Waals surface area contributed by atoms with Crippen LogP contribution in [-0.4, -0.2) is 34.4 Å². The van der Waals surface area contributed by atoms with Crippen LogP contribution in [0.5, 0.6) is 0 Å². The average Bonchev–Trinajstić information content (AvgIpc) is 2.94. The van der Waals surface area contributed by atoms with E-state index in [1.54, 1.807) is 6.07 Å². The van der Waals surface area contributed by atoms with Gasteiger partial charge in [0.2, 0.25) is 0 Å². The van der Waals surface area contributed by atoms with Crippen LogP contribution in [0.15, 0.2) is 18.2 Å². The summed E-state index contributed by atoms with van der Waals surface area (Å²) < 4.78 is 13.6. The van der Waals surface area contributed by atoms with E-state index in [0.717, 1.165) is 43.3 Å². The van der Waals surface area contributed by atoms with Crippen molar-refractivity contribution in [3.05, 3.63) is 23.8 Å². The normalized spacial score (nSPS) is 16.6. The first-order valence-electron chi connectivity index (χ1n) is 6.42. The van der Waals surface area contributed by atoms with Crippen LogP contribution in [0.4, 0.5) is 0 Å². The number of fused-ring (bicyclic) bond motifs is 1. The molecule has 0 saturated carbocycles. The van der Waals surface area contributed by atoms with E-state index in [1.165, 1.54) is 0 Å². The third kappa shape index (κ3) is 2.74. The highest BCUT2D eigenvalue weighted by atomic mass is 32.1. The van der Waals surface area contributed by atoms with E-state index < -0.39 is 0 Å². The van der Waals surface area contributed by atoms with Gasteiger partial charge in [0.05, 0.1) is 17.3 Å². The molecule has 1 aliphatic rings. The average molecular weight is 277 g/mol. The van der Waals surface area contributed by atoms with Crippen molar-refractivity contribution in [1.82, 2.24) is 14.1 Å². The second-order valence-electron chi connectivity index (χ2n) is 4.70. The Balaban J connectivity index is 1.68. The lowest BCUT2D eigenvalue weighted by Gasteiger charge is -2.22. The monoisotopic (exact) mass is 277 g/mol. The van der Waals surface area contributed by atoms with Crippen molar-refractivity contribution in [1.29, 1.82) is 0 Å². The minimum absolute atomic E-state index is 0.0650. The molecule has 3 rings (SSSR count). The van der Waals surface area contributed by atoms with E-state index in [2.05, 4.69) is 14.1 Å². The number of aromatic nitrogens is 2. The highest BCUT2D eigenvalue weighted by Gasteiger charge is 2.17. The fourth-order valence-electron chi connectivity index (χ4n) is 2.27. The van der Waals surface area contributed by atoms with Gasteiger partial charge in [0.15, 0.2) is 0 Å². The summed E-state index contributed by atoms with van der Waals surface area (Å²) in [5, 5.41) is 2.99. The first kappa shape index (κ1) is 12.5. The number of ether oxygens (including phenoxy) is 1. The predicted octanol–water partition coefficient (Wildman–Crippen LogP) is 1.85. The van der Waals surface area contributed by atoms with Crippen LogP contribution in [-0.2, 0) is 4.74 Å². The summed E-state index contributed by atoms with van der Waals surface area (Å²) in [4.78, 5) is 12.2. The summed E-state index contributed by atoms with van der Waals surface area (Å²) in [5.41, 5.74) is 2.08. The Kier molecular flexibility index (Phi) is 3.70. The van der Waals surface area contributed by atoms with Crippen molar-refractivity contribution in [2.24, 2.45) is 5.92 Å². The maximum atomic E-state index is 12.2. The van der Waals surface area contributed by atoms with E-state index in [9.17, 15) is 4.79 Å². The maximum Gasteiger partial charge on any atom is 0.253 e. The van der Waals surface area contributed by atoms with Gasteiger partial charge < -0.3 is 10.1 Å². The molecule has 1 amide bonds. The molecule has 2 heterocycles. The van der Waals surface area contributed by atoms with Crippen LogP contribution in [0, 0.1) is 5.92 Å². The Hall–Kier alpha value is -1.53. The molecule has 2 aromatic rings. The first-order valence-corrected chi connectivity index (χ1v) is 7.15. The lowest BCUT2D eigenvalue weighted by molar-refractivity contribution is 0.0643. The summed E-state index contributed by atoms with van der Waals surface area (Å²) in [6, 6.07) is 5.50. The zero-order valence-electron chi connectivity index (χ0n) is 10.5. The largest absolute Gasteiger partial charge is 0.381 e. The van der Waals surface area contributed by atoms with Gasteiger partial charge in [0.1, 0.15) is 11.0 Å². The molecule has 1 saturated heterocycles. The van der Waals surface area contributed by atoms with Crippen LogP contribution in [0.2, 0.25) is 0 Å². The van der Waals surface area contributed by atoms with Gasteiger partial charge >= 0.3 is 0 Å². The molecule has 19 heavy (non-hydrogen) atoms. The Labute approximate surface area is 115 Å². The summed E-state index contributed by atoms with van der Waals surface area (Å²) in [7, 11) is 0. The molecule has 0 unspecified atom stereocenters. The fourth-order valence-corrected chi connectivity index (χ4v) is 2.82. The topological polar surface area (TPSA) is 64.1 Å². The molecule has 100 valence electrons. The van der Waals surface area contributed by atoms with E-state index in [-0.39, 0.29) is 5.91 Å². The van der Waals surface area contributed by atoms with Crippen LogP contribution < -0.4 is 5.32 Å². The maximum absolute atomic E-state index is 12.2. The summed E-state index contributed by atoms with van der Waals surface area (Å²) in [6.45, 7) is 2.30. The number of carbonyl (C=O) groups is 1. The van der Waals surface area contributed by atoms with Crippen molar-refractivity contribution in [3.8, 4) is 0 Å². The van der Waals surface area contributed by atoms with E-state index in [0.29, 0.717) is 23.5 Å². The zero-order chi connectivity index (χ0) is 13.1. The number of amides is 1. The predicted molar refractivity (Wildman–Crippen MR) is 73.3 cm³/mol. The molecule has 1 aromatic heterocycles. The molecule has 5 nitrogen and oxygen atoms in total. The Morgan fingerprint density at radius 1 is 1.37 bits per heavy atom. The van der Waals surface area contributed by atoms with Gasteiger partial charge in [-0.3, -0.25) is 4.79 Å². The number of hydrogen-bond donors (Lipinski definition) is 1.